The first-order valence-electron chi connectivity index (χ1n) is 8.18. The van der Waals surface area contributed by atoms with Crippen molar-refractivity contribution in [3.05, 3.63) is 54.6 Å². The summed E-state index contributed by atoms with van der Waals surface area (Å²) in [5, 5.41) is 14.8. The number of carboxylic acids is 1. The monoisotopic (exact) mass is 394 g/mol. The van der Waals surface area contributed by atoms with Gasteiger partial charge in [0.05, 0.1) is 12.2 Å². The van der Waals surface area contributed by atoms with Crippen LogP contribution in [0, 0.1) is 0 Å². The van der Waals surface area contributed by atoms with Gasteiger partial charge in [0.1, 0.15) is 6.04 Å². The average molecular weight is 395 g/mol. The molecule has 2 aromatic rings. The highest BCUT2D eigenvalue weighted by atomic mass is 35.5. The number of carbonyl (C=O) groups excluding carboxylic acids is 1. The number of halogens is 1. The number of carboxylic acid groups (broad SMARTS) is 1. The third-order valence-corrected chi connectivity index (χ3v) is 4.60. The van der Waals surface area contributed by atoms with Crippen molar-refractivity contribution < 1.29 is 14.7 Å². The average Bonchev–Trinajstić information content (AvgIpc) is 2.61. The first kappa shape index (κ1) is 22.0. The molecule has 0 aromatic heterocycles. The van der Waals surface area contributed by atoms with E-state index >= 15 is 0 Å². The van der Waals surface area contributed by atoms with Crippen LogP contribution in [0.25, 0.3) is 0 Å². The van der Waals surface area contributed by atoms with Gasteiger partial charge in [-0.15, -0.1) is 12.4 Å². The van der Waals surface area contributed by atoms with Gasteiger partial charge in [0.15, 0.2) is 0 Å². The minimum Gasteiger partial charge on any atom is -0.480 e. The molecule has 2 rings (SSSR count). The maximum Gasteiger partial charge on any atom is 0.320 e. The van der Waals surface area contributed by atoms with E-state index in [9.17, 15) is 9.59 Å². The molecule has 1 atom stereocenters. The Labute approximate surface area is 164 Å². The van der Waals surface area contributed by atoms with E-state index in [1.54, 1.807) is 11.8 Å². The Balaban J connectivity index is 0.00000338. The minimum atomic E-state index is -0.935. The second-order valence-electron chi connectivity index (χ2n) is 5.52. The lowest BCUT2D eigenvalue weighted by atomic mass is 10.2. The smallest absolute Gasteiger partial charge is 0.320 e. The normalized spacial score (nSPS) is 11.3. The first-order valence-corrected chi connectivity index (χ1v) is 8.99. The molecule has 0 bridgehead atoms. The third kappa shape index (κ3) is 7.07. The van der Waals surface area contributed by atoms with E-state index in [0.29, 0.717) is 12.1 Å². The number of carbonyl (C=O) groups is 2. The predicted octanol–water partition coefficient (Wildman–Crippen LogP) is 4.04. The number of aliphatic carboxylic acids is 1. The molecule has 5 nitrogen and oxygen atoms in total. The quantitative estimate of drug-likeness (QED) is 0.598. The van der Waals surface area contributed by atoms with Gasteiger partial charge in [0.25, 0.3) is 0 Å². The van der Waals surface area contributed by atoms with Crippen molar-refractivity contribution in [2.75, 3.05) is 11.9 Å². The summed E-state index contributed by atoms with van der Waals surface area (Å²) >= 11 is 1.56. The van der Waals surface area contributed by atoms with E-state index < -0.39 is 12.0 Å². The highest BCUT2D eigenvalue weighted by molar-refractivity contribution is 7.99. The summed E-state index contributed by atoms with van der Waals surface area (Å²) < 4.78 is 0. The van der Waals surface area contributed by atoms with Gasteiger partial charge in [-0.1, -0.05) is 55.4 Å². The Hall–Kier alpha value is -2.02. The molecule has 140 valence electrons. The van der Waals surface area contributed by atoms with Crippen LogP contribution in [-0.2, 0) is 9.59 Å². The number of anilines is 1. The number of hydrogen-bond acceptors (Lipinski definition) is 4. The van der Waals surface area contributed by atoms with Crippen LogP contribution in [0.15, 0.2) is 64.4 Å². The molecule has 3 N–H and O–H groups in total. The molecular formula is C19H23ClN2O3S. The number of amides is 1. The van der Waals surface area contributed by atoms with Crippen LogP contribution < -0.4 is 10.6 Å². The zero-order valence-electron chi connectivity index (χ0n) is 14.5. The van der Waals surface area contributed by atoms with Gasteiger partial charge in [0.2, 0.25) is 5.91 Å². The number of nitrogens with one attached hydrogen (secondary N) is 2. The first-order chi connectivity index (χ1) is 12.1. The molecule has 26 heavy (non-hydrogen) atoms. The van der Waals surface area contributed by atoms with Crippen molar-refractivity contribution in [3.63, 3.8) is 0 Å². The standard InChI is InChI=1S/C19H22N2O3S.ClH/c1-2-8-16(19(23)24)20-13-18(22)21-15-11-6-7-12-17(15)25-14-9-4-3-5-10-14;/h3-7,9-12,16,20H,2,8,13H2,1H3,(H,21,22)(H,23,24);1H. The van der Waals surface area contributed by atoms with E-state index in [1.807, 2.05) is 61.5 Å². The van der Waals surface area contributed by atoms with Crippen LogP contribution in [0.4, 0.5) is 5.69 Å². The van der Waals surface area contributed by atoms with E-state index in [4.69, 9.17) is 5.11 Å². The van der Waals surface area contributed by atoms with Gasteiger partial charge in [-0.05, 0) is 30.7 Å². The minimum absolute atomic E-state index is 0. The van der Waals surface area contributed by atoms with Crippen molar-refractivity contribution in [1.82, 2.24) is 5.32 Å². The molecule has 0 aliphatic carbocycles. The lowest BCUT2D eigenvalue weighted by molar-refractivity contribution is -0.139. The zero-order chi connectivity index (χ0) is 18.1. The summed E-state index contributed by atoms with van der Waals surface area (Å²) in [6, 6.07) is 16.8. The Morgan fingerprint density at radius 3 is 2.38 bits per heavy atom. The second kappa shape index (κ2) is 11.6. The van der Waals surface area contributed by atoms with E-state index in [2.05, 4.69) is 10.6 Å². The fourth-order valence-corrected chi connectivity index (χ4v) is 3.21. The summed E-state index contributed by atoms with van der Waals surface area (Å²) in [7, 11) is 0. The van der Waals surface area contributed by atoms with Crippen molar-refractivity contribution in [2.24, 2.45) is 0 Å². The van der Waals surface area contributed by atoms with Crippen LogP contribution in [0.2, 0.25) is 0 Å². The van der Waals surface area contributed by atoms with E-state index in [-0.39, 0.29) is 24.9 Å². The molecule has 0 aliphatic heterocycles. The SMILES string of the molecule is CCCC(NCC(=O)Nc1ccccc1Sc1ccccc1)C(=O)O.Cl. The Bertz CT molecular complexity index is 713. The molecule has 0 saturated heterocycles. The Morgan fingerprint density at radius 2 is 1.73 bits per heavy atom. The van der Waals surface area contributed by atoms with Gasteiger partial charge < -0.3 is 10.4 Å². The lowest BCUT2D eigenvalue weighted by Crippen LogP contribution is -2.41. The van der Waals surface area contributed by atoms with Gasteiger partial charge >= 0.3 is 5.97 Å². The summed E-state index contributed by atoms with van der Waals surface area (Å²) in [6.45, 7) is 1.87. The van der Waals surface area contributed by atoms with Crippen LogP contribution in [0.3, 0.4) is 0 Å². The molecule has 1 amide bonds. The number of hydrogen-bond donors (Lipinski definition) is 3. The van der Waals surface area contributed by atoms with Crippen molar-refractivity contribution >= 4 is 41.7 Å². The van der Waals surface area contributed by atoms with Crippen LogP contribution in [-0.4, -0.2) is 29.6 Å². The topological polar surface area (TPSA) is 78.4 Å². The van der Waals surface area contributed by atoms with Crippen molar-refractivity contribution in [2.45, 2.75) is 35.6 Å². The van der Waals surface area contributed by atoms with Crippen LogP contribution in [0.1, 0.15) is 19.8 Å². The number of para-hydroxylation sites is 1. The highest BCUT2D eigenvalue weighted by Gasteiger charge is 2.17. The number of rotatable bonds is 9. The fraction of sp³-hybridized carbons (Fsp3) is 0.263. The maximum atomic E-state index is 12.2. The molecule has 7 heteroatoms. The van der Waals surface area contributed by atoms with Crippen molar-refractivity contribution in [3.8, 4) is 0 Å². The molecule has 0 saturated carbocycles. The van der Waals surface area contributed by atoms with Crippen LogP contribution in [0.5, 0.6) is 0 Å². The Kier molecular flexibility index (Phi) is 9.80. The van der Waals surface area contributed by atoms with E-state index in [0.717, 1.165) is 16.2 Å². The van der Waals surface area contributed by atoms with Crippen molar-refractivity contribution in [1.29, 1.82) is 0 Å². The largest absolute Gasteiger partial charge is 0.480 e. The van der Waals surface area contributed by atoms with Gasteiger partial charge in [-0.2, -0.15) is 0 Å². The highest BCUT2D eigenvalue weighted by Crippen LogP contribution is 2.33. The zero-order valence-corrected chi connectivity index (χ0v) is 16.1. The molecule has 1 unspecified atom stereocenters. The summed E-state index contributed by atoms with van der Waals surface area (Å²) in [5.74, 6) is -1.20. The molecule has 2 aromatic carbocycles. The lowest BCUT2D eigenvalue weighted by Gasteiger charge is -2.14. The van der Waals surface area contributed by atoms with E-state index in [1.165, 1.54) is 0 Å². The third-order valence-electron chi connectivity index (χ3n) is 3.52. The second-order valence-corrected chi connectivity index (χ2v) is 6.64. The predicted molar refractivity (Wildman–Crippen MR) is 107 cm³/mol. The molecule has 0 heterocycles. The van der Waals surface area contributed by atoms with Gasteiger partial charge in [0, 0.05) is 9.79 Å². The van der Waals surface area contributed by atoms with Crippen LogP contribution >= 0.6 is 24.2 Å². The molecule has 0 aliphatic rings. The molecule has 0 spiro atoms. The summed E-state index contributed by atoms with van der Waals surface area (Å²) in [5.41, 5.74) is 0.713. The molecule has 0 radical (unpaired) electrons. The molecule has 0 fully saturated rings. The summed E-state index contributed by atoms with van der Waals surface area (Å²) in [6.07, 6.45) is 1.23. The van der Waals surface area contributed by atoms with Gasteiger partial charge in [-0.3, -0.25) is 14.9 Å². The van der Waals surface area contributed by atoms with Gasteiger partial charge in [-0.25, -0.2) is 0 Å². The maximum absolute atomic E-state index is 12.2. The fourth-order valence-electron chi connectivity index (χ4n) is 2.29. The summed E-state index contributed by atoms with van der Waals surface area (Å²) in [4.78, 5) is 25.3. The number of benzene rings is 2. The molecular weight excluding hydrogens is 372 g/mol. The Morgan fingerprint density at radius 1 is 1.08 bits per heavy atom.